The summed E-state index contributed by atoms with van der Waals surface area (Å²) in [6, 6.07) is 7.67. The fourth-order valence-electron chi connectivity index (χ4n) is 2.37. The van der Waals surface area contributed by atoms with Crippen LogP contribution in [0.2, 0.25) is 0 Å². The average Bonchev–Trinajstić information content (AvgIpc) is 2.82. The van der Waals surface area contributed by atoms with Crippen molar-refractivity contribution in [1.29, 1.82) is 0 Å². The molecule has 3 nitrogen and oxygen atoms in total. The molecule has 1 aliphatic rings. The first-order valence-electron chi connectivity index (χ1n) is 5.85. The number of hydrogen-bond donors (Lipinski definition) is 1. The first kappa shape index (κ1) is 10.4. The van der Waals surface area contributed by atoms with E-state index in [1.807, 2.05) is 18.2 Å². The van der Waals surface area contributed by atoms with Crippen molar-refractivity contribution < 1.29 is 9.52 Å². The van der Waals surface area contributed by atoms with Crippen LogP contribution in [0.4, 0.5) is 0 Å². The van der Waals surface area contributed by atoms with Crippen molar-refractivity contribution in [3.8, 4) is 5.75 Å². The molecule has 0 spiro atoms. The highest BCUT2D eigenvalue weighted by atomic mass is 16.3. The number of nitrogens with zero attached hydrogens (tertiary/aromatic N) is 1. The number of furan rings is 1. The van der Waals surface area contributed by atoms with E-state index in [1.165, 1.54) is 16.7 Å². The van der Waals surface area contributed by atoms with E-state index in [0.29, 0.717) is 5.75 Å². The van der Waals surface area contributed by atoms with Gasteiger partial charge in [-0.05, 0) is 35.7 Å². The normalized spacial score (nSPS) is 15.8. The van der Waals surface area contributed by atoms with E-state index in [9.17, 15) is 5.11 Å². The topological polar surface area (TPSA) is 36.6 Å². The fourth-order valence-corrected chi connectivity index (χ4v) is 2.37. The zero-order valence-corrected chi connectivity index (χ0v) is 9.60. The van der Waals surface area contributed by atoms with Gasteiger partial charge >= 0.3 is 0 Å². The van der Waals surface area contributed by atoms with Crippen LogP contribution in [-0.4, -0.2) is 16.6 Å². The van der Waals surface area contributed by atoms with Crippen molar-refractivity contribution in [3.63, 3.8) is 0 Å². The van der Waals surface area contributed by atoms with Gasteiger partial charge in [-0.15, -0.1) is 0 Å². The Hall–Kier alpha value is -1.74. The van der Waals surface area contributed by atoms with Crippen LogP contribution < -0.4 is 0 Å². The monoisotopic (exact) mass is 229 g/mol. The van der Waals surface area contributed by atoms with Gasteiger partial charge in [0, 0.05) is 25.2 Å². The molecule has 17 heavy (non-hydrogen) atoms. The van der Waals surface area contributed by atoms with Gasteiger partial charge in [0.05, 0.1) is 12.5 Å². The SMILES string of the molecule is Oc1ccc2c(c1)CCN(Cc1ccoc1)C2. The predicted molar refractivity (Wildman–Crippen MR) is 64.6 cm³/mol. The Morgan fingerprint density at radius 1 is 1.24 bits per heavy atom. The summed E-state index contributed by atoms with van der Waals surface area (Å²) in [6.07, 6.45) is 4.51. The molecular weight excluding hydrogens is 214 g/mol. The summed E-state index contributed by atoms with van der Waals surface area (Å²) in [7, 11) is 0. The molecule has 0 bridgehead atoms. The second-order valence-electron chi connectivity index (χ2n) is 4.55. The predicted octanol–water partition coefficient (Wildman–Crippen LogP) is 2.54. The van der Waals surface area contributed by atoms with E-state index in [-0.39, 0.29) is 0 Å². The number of phenols is 1. The molecule has 3 rings (SSSR count). The van der Waals surface area contributed by atoms with Crippen molar-refractivity contribution in [2.75, 3.05) is 6.54 Å². The lowest BCUT2D eigenvalue weighted by Crippen LogP contribution is -2.29. The molecular formula is C14H15NO2. The number of benzene rings is 1. The first-order chi connectivity index (χ1) is 8.31. The molecule has 1 aromatic carbocycles. The van der Waals surface area contributed by atoms with Gasteiger partial charge < -0.3 is 9.52 Å². The van der Waals surface area contributed by atoms with Crippen molar-refractivity contribution in [3.05, 3.63) is 53.5 Å². The minimum atomic E-state index is 0.368. The summed E-state index contributed by atoms with van der Waals surface area (Å²) in [5.41, 5.74) is 3.80. The van der Waals surface area contributed by atoms with Crippen molar-refractivity contribution in [2.24, 2.45) is 0 Å². The molecule has 0 amide bonds. The van der Waals surface area contributed by atoms with Crippen LogP contribution in [0.15, 0.2) is 41.2 Å². The van der Waals surface area contributed by atoms with Gasteiger partial charge in [-0.3, -0.25) is 4.90 Å². The number of aromatic hydroxyl groups is 1. The van der Waals surface area contributed by atoms with Crippen molar-refractivity contribution >= 4 is 0 Å². The van der Waals surface area contributed by atoms with Crippen LogP contribution in [0, 0.1) is 0 Å². The Labute approximate surface area is 100 Å². The first-order valence-corrected chi connectivity index (χ1v) is 5.85. The van der Waals surface area contributed by atoms with Crippen LogP contribution in [0.5, 0.6) is 5.75 Å². The summed E-state index contributed by atoms with van der Waals surface area (Å²) in [5.74, 6) is 0.368. The van der Waals surface area contributed by atoms with Crippen LogP contribution >= 0.6 is 0 Å². The minimum Gasteiger partial charge on any atom is -0.508 e. The summed E-state index contributed by atoms with van der Waals surface area (Å²) in [5, 5.41) is 9.44. The highest BCUT2D eigenvalue weighted by Crippen LogP contribution is 2.24. The quantitative estimate of drug-likeness (QED) is 0.859. The molecule has 0 radical (unpaired) electrons. The standard InChI is InChI=1S/C14H15NO2/c16-14-2-1-13-9-15(5-3-12(13)7-14)8-11-4-6-17-10-11/h1-2,4,6-7,10,16H,3,5,8-9H2. The molecule has 2 heterocycles. The molecule has 3 heteroatoms. The van der Waals surface area contributed by atoms with E-state index in [1.54, 1.807) is 18.6 Å². The molecule has 2 aromatic rings. The average molecular weight is 229 g/mol. The maximum atomic E-state index is 9.44. The molecule has 1 aromatic heterocycles. The Morgan fingerprint density at radius 2 is 2.18 bits per heavy atom. The van der Waals surface area contributed by atoms with Gasteiger partial charge in [0.25, 0.3) is 0 Å². The third-order valence-corrected chi connectivity index (χ3v) is 3.27. The van der Waals surface area contributed by atoms with E-state index in [2.05, 4.69) is 4.90 Å². The van der Waals surface area contributed by atoms with Gasteiger partial charge in [-0.25, -0.2) is 0 Å². The van der Waals surface area contributed by atoms with E-state index < -0.39 is 0 Å². The highest BCUT2D eigenvalue weighted by Gasteiger charge is 2.16. The molecule has 0 unspecified atom stereocenters. The van der Waals surface area contributed by atoms with Crippen LogP contribution in [0.25, 0.3) is 0 Å². The Bertz CT molecular complexity index is 505. The molecule has 0 saturated heterocycles. The van der Waals surface area contributed by atoms with Gasteiger partial charge in [-0.1, -0.05) is 6.07 Å². The lowest BCUT2D eigenvalue weighted by molar-refractivity contribution is 0.244. The van der Waals surface area contributed by atoms with Gasteiger partial charge in [0.2, 0.25) is 0 Å². The molecule has 0 fully saturated rings. The van der Waals surface area contributed by atoms with E-state index in [4.69, 9.17) is 4.42 Å². The van der Waals surface area contributed by atoms with Gasteiger partial charge in [0.15, 0.2) is 0 Å². The number of hydrogen-bond acceptors (Lipinski definition) is 3. The second kappa shape index (κ2) is 4.26. The Morgan fingerprint density at radius 3 is 3.00 bits per heavy atom. The molecule has 0 aliphatic carbocycles. The molecule has 1 N–H and O–H groups in total. The minimum absolute atomic E-state index is 0.368. The summed E-state index contributed by atoms with van der Waals surface area (Å²) >= 11 is 0. The van der Waals surface area contributed by atoms with E-state index >= 15 is 0 Å². The van der Waals surface area contributed by atoms with Crippen molar-refractivity contribution in [2.45, 2.75) is 19.5 Å². The third kappa shape index (κ3) is 2.19. The molecule has 1 aliphatic heterocycles. The maximum Gasteiger partial charge on any atom is 0.115 e. The highest BCUT2D eigenvalue weighted by molar-refractivity contribution is 5.36. The summed E-state index contributed by atoms with van der Waals surface area (Å²) < 4.78 is 5.08. The van der Waals surface area contributed by atoms with Gasteiger partial charge in [-0.2, -0.15) is 0 Å². The van der Waals surface area contributed by atoms with Crippen LogP contribution in [0.3, 0.4) is 0 Å². The summed E-state index contributed by atoms with van der Waals surface area (Å²) in [4.78, 5) is 2.39. The number of phenolic OH excluding ortho intramolecular Hbond substituents is 1. The number of rotatable bonds is 2. The van der Waals surface area contributed by atoms with E-state index in [0.717, 1.165) is 26.1 Å². The second-order valence-corrected chi connectivity index (χ2v) is 4.55. The zero-order valence-electron chi connectivity index (χ0n) is 9.60. The third-order valence-electron chi connectivity index (χ3n) is 3.27. The Kier molecular flexibility index (Phi) is 2.61. The lowest BCUT2D eigenvalue weighted by atomic mass is 9.99. The largest absolute Gasteiger partial charge is 0.508 e. The smallest absolute Gasteiger partial charge is 0.115 e. The molecule has 0 saturated carbocycles. The number of fused-ring (bicyclic) bond motifs is 1. The van der Waals surface area contributed by atoms with Gasteiger partial charge in [0.1, 0.15) is 5.75 Å². The van der Waals surface area contributed by atoms with Crippen LogP contribution in [-0.2, 0) is 19.5 Å². The maximum absolute atomic E-state index is 9.44. The summed E-state index contributed by atoms with van der Waals surface area (Å²) in [6.45, 7) is 2.90. The zero-order chi connectivity index (χ0) is 11.7. The lowest BCUT2D eigenvalue weighted by Gasteiger charge is -2.28. The van der Waals surface area contributed by atoms with Crippen molar-refractivity contribution in [1.82, 2.24) is 4.90 Å². The fraction of sp³-hybridized carbons (Fsp3) is 0.286. The molecule has 88 valence electrons. The molecule has 0 atom stereocenters. The Balaban J connectivity index is 1.74. The van der Waals surface area contributed by atoms with Crippen LogP contribution in [0.1, 0.15) is 16.7 Å².